The fourth-order valence-electron chi connectivity index (χ4n) is 5.23. The van der Waals surface area contributed by atoms with Crippen LogP contribution >= 0.6 is 0 Å². The summed E-state index contributed by atoms with van der Waals surface area (Å²) in [5, 5.41) is 3.10. The second kappa shape index (κ2) is 10.3. The molecule has 3 heterocycles. The number of nitrogens with one attached hydrogen (secondary N) is 3. The van der Waals surface area contributed by atoms with E-state index >= 15 is 0 Å². The van der Waals surface area contributed by atoms with Crippen molar-refractivity contribution in [3.8, 4) is 0 Å². The molecule has 0 radical (unpaired) electrons. The standard InChI is InChI=1S/C26H34N6O3/c1-30-12-14-31(15-13-30)20-10-8-19(9-11-20)25(33)27-24-21-16-32(17-22(21)28-29-24)26(34)23(35-2)18-6-4-3-5-7-18/h3-11,21-24,28-29H,12-17H2,1-2H3,(H,27,33)/t21?,22?,23-,24?/m1/s1. The number of likely N-dealkylation sites (tertiary alicyclic amines) is 1. The Morgan fingerprint density at radius 2 is 1.69 bits per heavy atom. The van der Waals surface area contributed by atoms with Gasteiger partial charge in [0.15, 0.2) is 6.10 Å². The molecule has 3 unspecified atom stereocenters. The number of carbonyl (C=O) groups excluding carboxylic acids is 2. The lowest BCUT2D eigenvalue weighted by atomic mass is 10.0. The molecule has 0 spiro atoms. The number of hydrazine groups is 1. The van der Waals surface area contributed by atoms with Gasteiger partial charge in [0.05, 0.1) is 6.17 Å². The highest BCUT2D eigenvalue weighted by Gasteiger charge is 2.46. The summed E-state index contributed by atoms with van der Waals surface area (Å²) in [5.74, 6) is -0.112. The number of likely N-dealkylation sites (N-methyl/N-ethyl adjacent to an activating group) is 1. The van der Waals surface area contributed by atoms with E-state index in [-0.39, 0.29) is 29.9 Å². The molecule has 2 aromatic rings. The van der Waals surface area contributed by atoms with Gasteiger partial charge in [0, 0.05) is 69.6 Å². The normalized spacial score (nSPS) is 25.4. The van der Waals surface area contributed by atoms with Crippen molar-refractivity contribution in [1.29, 1.82) is 0 Å². The molecule has 2 amide bonds. The number of anilines is 1. The molecular formula is C26H34N6O3. The van der Waals surface area contributed by atoms with Crippen LogP contribution in [0.15, 0.2) is 54.6 Å². The highest BCUT2D eigenvalue weighted by molar-refractivity contribution is 5.94. The van der Waals surface area contributed by atoms with E-state index in [1.807, 2.05) is 59.5 Å². The van der Waals surface area contributed by atoms with Crippen molar-refractivity contribution in [2.75, 3.05) is 58.3 Å². The Hall–Kier alpha value is -2.98. The van der Waals surface area contributed by atoms with Crippen LogP contribution in [-0.4, -0.2) is 87.2 Å². The predicted molar refractivity (Wildman–Crippen MR) is 134 cm³/mol. The molecule has 3 fully saturated rings. The summed E-state index contributed by atoms with van der Waals surface area (Å²) < 4.78 is 5.54. The van der Waals surface area contributed by atoms with Gasteiger partial charge < -0.3 is 24.8 Å². The number of rotatable bonds is 6. The maximum atomic E-state index is 13.2. The molecular weight excluding hydrogens is 444 g/mol. The molecule has 0 bridgehead atoms. The minimum Gasteiger partial charge on any atom is -0.369 e. The molecule has 3 N–H and O–H groups in total. The smallest absolute Gasteiger partial charge is 0.256 e. The molecule has 9 nitrogen and oxygen atoms in total. The number of ether oxygens (including phenoxy) is 1. The minimum atomic E-state index is -0.630. The van der Waals surface area contributed by atoms with Crippen LogP contribution in [0.3, 0.4) is 0 Å². The van der Waals surface area contributed by atoms with E-state index in [0.717, 1.165) is 37.4 Å². The molecule has 4 atom stereocenters. The maximum Gasteiger partial charge on any atom is 0.256 e. The molecule has 0 aromatic heterocycles. The second-order valence-corrected chi connectivity index (χ2v) is 9.62. The number of amides is 2. The fraction of sp³-hybridized carbons (Fsp3) is 0.462. The van der Waals surface area contributed by atoms with Crippen LogP contribution in [0, 0.1) is 5.92 Å². The van der Waals surface area contributed by atoms with E-state index in [4.69, 9.17) is 4.74 Å². The van der Waals surface area contributed by atoms with Gasteiger partial charge in [-0.1, -0.05) is 30.3 Å². The van der Waals surface area contributed by atoms with Crippen molar-refractivity contribution in [1.82, 2.24) is 26.0 Å². The van der Waals surface area contributed by atoms with Crippen LogP contribution in [0.5, 0.6) is 0 Å². The topological polar surface area (TPSA) is 89.2 Å². The molecule has 186 valence electrons. The quantitative estimate of drug-likeness (QED) is 0.567. The van der Waals surface area contributed by atoms with E-state index < -0.39 is 6.10 Å². The van der Waals surface area contributed by atoms with Crippen LogP contribution in [-0.2, 0) is 9.53 Å². The summed E-state index contributed by atoms with van der Waals surface area (Å²) in [6.07, 6.45) is -0.893. The molecule has 0 saturated carbocycles. The van der Waals surface area contributed by atoms with Crippen molar-refractivity contribution in [3.63, 3.8) is 0 Å². The van der Waals surface area contributed by atoms with E-state index in [0.29, 0.717) is 18.7 Å². The zero-order chi connectivity index (χ0) is 24.4. The molecule has 3 aliphatic heterocycles. The summed E-state index contributed by atoms with van der Waals surface area (Å²) in [5.41, 5.74) is 9.06. The van der Waals surface area contributed by atoms with Gasteiger partial charge in [0.25, 0.3) is 11.8 Å². The highest BCUT2D eigenvalue weighted by Crippen LogP contribution is 2.28. The number of benzene rings is 2. The second-order valence-electron chi connectivity index (χ2n) is 9.62. The summed E-state index contributed by atoms with van der Waals surface area (Å²) in [6.45, 7) is 5.18. The Morgan fingerprint density at radius 3 is 2.37 bits per heavy atom. The van der Waals surface area contributed by atoms with Gasteiger partial charge in [-0.3, -0.25) is 15.0 Å². The van der Waals surface area contributed by atoms with Crippen molar-refractivity contribution in [2.45, 2.75) is 18.3 Å². The van der Waals surface area contributed by atoms with Gasteiger partial charge in [-0.2, -0.15) is 0 Å². The monoisotopic (exact) mass is 478 g/mol. The van der Waals surface area contributed by atoms with Crippen LogP contribution < -0.4 is 21.1 Å². The Morgan fingerprint density at radius 1 is 0.971 bits per heavy atom. The number of carbonyl (C=O) groups is 2. The third-order valence-electron chi connectivity index (χ3n) is 7.38. The van der Waals surface area contributed by atoms with Gasteiger partial charge in [-0.05, 0) is 36.9 Å². The van der Waals surface area contributed by atoms with Gasteiger partial charge in [-0.25, -0.2) is 5.43 Å². The van der Waals surface area contributed by atoms with Crippen LogP contribution in [0.2, 0.25) is 0 Å². The van der Waals surface area contributed by atoms with Gasteiger partial charge in [-0.15, -0.1) is 0 Å². The maximum absolute atomic E-state index is 13.2. The van der Waals surface area contributed by atoms with Crippen molar-refractivity contribution in [3.05, 3.63) is 65.7 Å². The Balaban J connectivity index is 1.18. The zero-order valence-corrected chi connectivity index (χ0v) is 20.3. The first-order valence-corrected chi connectivity index (χ1v) is 12.3. The summed E-state index contributed by atoms with van der Waals surface area (Å²) in [6, 6.07) is 17.4. The van der Waals surface area contributed by atoms with E-state index in [9.17, 15) is 9.59 Å². The van der Waals surface area contributed by atoms with Crippen LogP contribution in [0.25, 0.3) is 0 Å². The Kier molecular flexibility index (Phi) is 7.01. The lowest BCUT2D eigenvalue weighted by Crippen LogP contribution is -2.49. The number of methoxy groups -OCH3 is 1. The van der Waals surface area contributed by atoms with Crippen LogP contribution in [0.1, 0.15) is 22.0 Å². The average Bonchev–Trinajstić information content (AvgIpc) is 3.48. The number of piperazine rings is 1. The van der Waals surface area contributed by atoms with E-state index in [2.05, 4.69) is 33.0 Å². The molecule has 0 aliphatic carbocycles. The molecule has 35 heavy (non-hydrogen) atoms. The van der Waals surface area contributed by atoms with Crippen LogP contribution in [0.4, 0.5) is 5.69 Å². The Labute approximate surface area is 206 Å². The molecule has 3 aliphatic rings. The summed E-state index contributed by atoms with van der Waals surface area (Å²) in [7, 11) is 3.70. The largest absolute Gasteiger partial charge is 0.369 e. The van der Waals surface area contributed by atoms with Crippen molar-refractivity contribution >= 4 is 17.5 Å². The third kappa shape index (κ3) is 5.04. The lowest BCUT2D eigenvalue weighted by Gasteiger charge is -2.34. The Bertz CT molecular complexity index is 1030. The predicted octanol–water partition coefficient (Wildman–Crippen LogP) is 0.817. The first-order valence-electron chi connectivity index (χ1n) is 12.3. The number of nitrogens with zero attached hydrogens (tertiary/aromatic N) is 3. The number of fused-ring (bicyclic) bond motifs is 1. The SMILES string of the molecule is CO[C@@H](C(=O)N1CC2NNC(NC(=O)c3ccc(N4CCN(C)CC4)cc3)C2C1)c1ccccc1. The number of hydrogen-bond acceptors (Lipinski definition) is 7. The van der Waals surface area contributed by atoms with Crippen molar-refractivity contribution < 1.29 is 14.3 Å². The fourth-order valence-corrected chi connectivity index (χ4v) is 5.23. The average molecular weight is 479 g/mol. The molecule has 2 aromatic carbocycles. The lowest BCUT2D eigenvalue weighted by molar-refractivity contribution is -0.141. The summed E-state index contributed by atoms with van der Waals surface area (Å²) in [4.78, 5) is 32.7. The van der Waals surface area contributed by atoms with Gasteiger partial charge in [0.1, 0.15) is 0 Å². The van der Waals surface area contributed by atoms with Gasteiger partial charge >= 0.3 is 0 Å². The first-order chi connectivity index (χ1) is 17.0. The molecule has 9 heteroatoms. The zero-order valence-electron chi connectivity index (χ0n) is 20.3. The van der Waals surface area contributed by atoms with E-state index in [1.54, 1.807) is 7.11 Å². The van der Waals surface area contributed by atoms with E-state index in [1.165, 1.54) is 0 Å². The number of hydrogen-bond donors (Lipinski definition) is 3. The van der Waals surface area contributed by atoms with Gasteiger partial charge in [0.2, 0.25) is 0 Å². The highest BCUT2D eigenvalue weighted by atomic mass is 16.5. The molecule has 3 saturated heterocycles. The third-order valence-corrected chi connectivity index (χ3v) is 7.38. The molecule has 5 rings (SSSR count). The minimum absolute atomic E-state index is 0.0560. The first kappa shape index (κ1) is 23.7. The van der Waals surface area contributed by atoms with Crippen molar-refractivity contribution in [2.24, 2.45) is 5.92 Å². The summed E-state index contributed by atoms with van der Waals surface area (Å²) >= 11 is 0.